The molecule has 1 unspecified atom stereocenters. The SMILES string of the molecule is CC(C)(C)OC(=O)NC(Cc1ccccc1)C(=O)NCCS. The second-order valence-electron chi connectivity index (χ2n) is 5.90. The largest absolute Gasteiger partial charge is 0.444 e. The molecule has 2 N–H and O–H groups in total. The molecule has 5 nitrogen and oxygen atoms in total. The maximum Gasteiger partial charge on any atom is 0.408 e. The molecule has 2 amide bonds. The number of alkyl carbamates (subject to hydrolysis) is 1. The zero-order valence-corrected chi connectivity index (χ0v) is 14.2. The lowest BCUT2D eigenvalue weighted by Gasteiger charge is -2.23. The first-order chi connectivity index (χ1) is 10.3. The number of carbonyl (C=O) groups is 2. The third-order valence-corrected chi connectivity index (χ3v) is 2.92. The van der Waals surface area contributed by atoms with E-state index in [1.54, 1.807) is 20.8 Å². The summed E-state index contributed by atoms with van der Waals surface area (Å²) in [5, 5.41) is 5.37. The molecule has 0 spiro atoms. The molecule has 0 aliphatic heterocycles. The van der Waals surface area contributed by atoms with E-state index in [1.807, 2.05) is 30.3 Å². The van der Waals surface area contributed by atoms with Gasteiger partial charge in [0.2, 0.25) is 5.91 Å². The number of hydrogen-bond acceptors (Lipinski definition) is 4. The minimum absolute atomic E-state index is 0.247. The molecule has 0 heterocycles. The highest BCUT2D eigenvalue weighted by Gasteiger charge is 2.24. The summed E-state index contributed by atoms with van der Waals surface area (Å²) in [4.78, 5) is 24.1. The number of ether oxygens (including phenoxy) is 1. The van der Waals surface area contributed by atoms with Gasteiger partial charge in [-0.25, -0.2) is 4.79 Å². The van der Waals surface area contributed by atoms with Crippen LogP contribution in [0.25, 0.3) is 0 Å². The number of amides is 2. The van der Waals surface area contributed by atoms with Crippen molar-refractivity contribution in [3.8, 4) is 0 Å². The van der Waals surface area contributed by atoms with Crippen LogP contribution >= 0.6 is 12.6 Å². The lowest BCUT2D eigenvalue weighted by atomic mass is 10.1. The third kappa shape index (κ3) is 7.36. The summed E-state index contributed by atoms with van der Waals surface area (Å²) in [7, 11) is 0. The van der Waals surface area contributed by atoms with Crippen LogP contribution in [0.2, 0.25) is 0 Å². The zero-order chi connectivity index (χ0) is 16.6. The normalized spacial score (nSPS) is 12.4. The Kier molecular flexibility index (Phi) is 7.24. The van der Waals surface area contributed by atoms with Gasteiger partial charge in [-0.2, -0.15) is 12.6 Å². The average Bonchev–Trinajstić information content (AvgIpc) is 2.43. The molecule has 0 aliphatic rings. The number of nitrogens with one attached hydrogen (secondary N) is 2. The average molecular weight is 324 g/mol. The van der Waals surface area contributed by atoms with Gasteiger partial charge in [0.1, 0.15) is 11.6 Å². The van der Waals surface area contributed by atoms with E-state index < -0.39 is 17.7 Å². The zero-order valence-electron chi connectivity index (χ0n) is 13.3. The van der Waals surface area contributed by atoms with E-state index in [2.05, 4.69) is 23.3 Å². The van der Waals surface area contributed by atoms with Gasteiger partial charge in [-0.05, 0) is 26.3 Å². The minimum atomic E-state index is -0.683. The van der Waals surface area contributed by atoms with Crippen LogP contribution in [0.15, 0.2) is 30.3 Å². The Labute approximate surface area is 137 Å². The summed E-state index contributed by atoms with van der Waals surface area (Å²) >= 11 is 4.06. The summed E-state index contributed by atoms with van der Waals surface area (Å²) in [6.07, 6.45) is -0.201. The molecule has 0 aliphatic carbocycles. The van der Waals surface area contributed by atoms with E-state index in [4.69, 9.17) is 4.74 Å². The second kappa shape index (κ2) is 8.68. The van der Waals surface area contributed by atoms with Crippen molar-refractivity contribution in [1.82, 2.24) is 10.6 Å². The molecule has 0 radical (unpaired) electrons. The second-order valence-corrected chi connectivity index (χ2v) is 6.35. The van der Waals surface area contributed by atoms with Crippen molar-refractivity contribution in [3.63, 3.8) is 0 Å². The number of carbonyl (C=O) groups excluding carboxylic acids is 2. The molecule has 1 aromatic rings. The summed E-state index contributed by atoms with van der Waals surface area (Å²) in [5.74, 6) is 0.291. The van der Waals surface area contributed by atoms with Crippen LogP contribution in [0.5, 0.6) is 0 Å². The standard InChI is InChI=1S/C16H24N2O3S/c1-16(2,3)21-15(20)18-13(14(19)17-9-10-22)11-12-7-5-4-6-8-12/h4-8,13,22H,9-11H2,1-3H3,(H,17,19)(H,18,20). The molecule has 0 saturated heterocycles. The van der Waals surface area contributed by atoms with Crippen LogP contribution in [0, 0.1) is 0 Å². The number of hydrogen-bond donors (Lipinski definition) is 3. The monoisotopic (exact) mass is 324 g/mol. The Hall–Kier alpha value is -1.69. The van der Waals surface area contributed by atoms with Gasteiger partial charge in [-0.15, -0.1) is 0 Å². The predicted molar refractivity (Wildman–Crippen MR) is 90.2 cm³/mol. The maximum atomic E-state index is 12.2. The molecule has 0 saturated carbocycles. The number of benzene rings is 1. The van der Waals surface area contributed by atoms with Crippen LogP contribution in [0.1, 0.15) is 26.3 Å². The van der Waals surface area contributed by atoms with Crippen LogP contribution in [-0.4, -0.2) is 35.9 Å². The number of rotatable bonds is 6. The Bertz CT molecular complexity index is 486. The summed E-state index contributed by atoms with van der Waals surface area (Å²) in [5.41, 5.74) is 0.354. The van der Waals surface area contributed by atoms with Gasteiger partial charge in [0.15, 0.2) is 0 Å². The predicted octanol–water partition coefficient (Wildman–Crippen LogP) is 2.17. The summed E-state index contributed by atoms with van der Waals surface area (Å²) < 4.78 is 5.22. The van der Waals surface area contributed by atoms with Crippen molar-refractivity contribution < 1.29 is 14.3 Å². The van der Waals surface area contributed by atoms with Gasteiger partial charge in [-0.3, -0.25) is 4.79 Å². The molecule has 122 valence electrons. The van der Waals surface area contributed by atoms with Crippen molar-refractivity contribution in [2.24, 2.45) is 0 Å². The Morgan fingerprint density at radius 1 is 1.23 bits per heavy atom. The molecule has 0 fully saturated rings. The van der Waals surface area contributed by atoms with E-state index in [0.29, 0.717) is 18.7 Å². The highest BCUT2D eigenvalue weighted by molar-refractivity contribution is 7.80. The molecule has 1 rings (SSSR count). The highest BCUT2D eigenvalue weighted by atomic mass is 32.1. The van der Waals surface area contributed by atoms with E-state index in [9.17, 15) is 9.59 Å². The fourth-order valence-electron chi connectivity index (χ4n) is 1.81. The van der Waals surface area contributed by atoms with Gasteiger partial charge >= 0.3 is 6.09 Å². The van der Waals surface area contributed by atoms with Crippen molar-refractivity contribution in [3.05, 3.63) is 35.9 Å². The Balaban J connectivity index is 2.73. The first kappa shape index (κ1) is 18.4. The Morgan fingerprint density at radius 2 is 1.86 bits per heavy atom. The van der Waals surface area contributed by atoms with E-state index >= 15 is 0 Å². The van der Waals surface area contributed by atoms with Crippen LogP contribution in [0.3, 0.4) is 0 Å². The van der Waals surface area contributed by atoms with Crippen molar-refractivity contribution in [2.45, 2.75) is 38.8 Å². The van der Waals surface area contributed by atoms with Crippen molar-refractivity contribution >= 4 is 24.6 Å². The first-order valence-electron chi connectivity index (χ1n) is 7.24. The molecular formula is C16H24N2O3S. The van der Waals surface area contributed by atoms with E-state index in [-0.39, 0.29) is 5.91 Å². The highest BCUT2D eigenvalue weighted by Crippen LogP contribution is 2.08. The minimum Gasteiger partial charge on any atom is -0.444 e. The van der Waals surface area contributed by atoms with Crippen molar-refractivity contribution in [1.29, 1.82) is 0 Å². The molecule has 1 atom stereocenters. The smallest absolute Gasteiger partial charge is 0.408 e. The quantitative estimate of drug-likeness (QED) is 0.703. The van der Waals surface area contributed by atoms with E-state index in [1.165, 1.54) is 0 Å². The Morgan fingerprint density at radius 3 is 2.41 bits per heavy atom. The van der Waals surface area contributed by atoms with Gasteiger partial charge in [-0.1, -0.05) is 30.3 Å². The van der Waals surface area contributed by atoms with Gasteiger partial charge < -0.3 is 15.4 Å². The maximum absolute atomic E-state index is 12.2. The topological polar surface area (TPSA) is 67.4 Å². The molecule has 1 aromatic carbocycles. The van der Waals surface area contributed by atoms with E-state index in [0.717, 1.165) is 5.56 Å². The lowest BCUT2D eigenvalue weighted by molar-refractivity contribution is -0.123. The third-order valence-electron chi connectivity index (χ3n) is 2.70. The van der Waals surface area contributed by atoms with Crippen molar-refractivity contribution in [2.75, 3.05) is 12.3 Å². The fourth-order valence-corrected chi connectivity index (χ4v) is 1.92. The molecular weight excluding hydrogens is 300 g/mol. The van der Waals surface area contributed by atoms with Gasteiger partial charge in [0.05, 0.1) is 0 Å². The van der Waals surface area contributed by atoms with Crippen LogP contribution in [-0.2, 0) is 16.0 Å². The molecule has 22 heavy (non-hydrogen) atoms. The molecule has 6 heteroatoms. The summed E-state index contributed by atoms with van der Waals surface area (Å²) in [6, 6.07) is 8.83. The molecule has 0 aromatic heterocycles. The van der Waals surface area contributed by atoms with Gasteiger partial charge in [0, 0.05) is 18.7 Å². The van der Waals surface area contributed by atoms with Crippen LogP contribution < -0.4 is 10.6 Å². The molecule has 0 bridgehead atoms. The fraction of sp³-hybridized carbons (Fsp3) is 0.500. The lowest BCUT2D eigenvalue weighted by Crippen LogP contribution is -2.49. The van der Waals surface area contributed by atoms with Gasteiger partial charge in [0.25, 0.3) is 0 Å². The summed E-state index contributed by atoms with van der Waals surface area (Å²) in [6.45, 7) is 5.78. The first-order valence-corrected chi connectivity index (χ1v) is 7.87. The van der Waals surface area contributed by atoms with Crippen LogP contribution in [0.4, 0.5) is 4.79 Å². The number of thiol groups is 1.